The zero-order valence-electron chi connectivity index (χ0n) is 3.50. The lowest BCUT2D eigenvalue weighted by molar-refractivity contribution is 0.851. The monoisotopic (exact) mass is 95.0 g/mol. The van der Waals surface area contributed by atoms with E-state index in [0.29, 0.717) is 0 Å². The highest BCUT2D eigenvalue weighted by Crippen LogP contribution is 1.66. The Kier molecular flexibility index (Phi) is 0.856. The molecule has 0 aliphatic carbocycles. The largest absolute Gasteiger partial charge is 0.289 e. The molecule has 7 heavy (non-hydrogen) atoms. The molecular formula is C3H3N4. The highest BCUT2D eigenvalue weighted by molar-refractivity contribution is 5.51. The highest BCUT2D eigenvalue weighted by atomic mass is 15.4. The van der Waals surface area contributed by atoms with Gasteiger partial charge in [0.15, 0.2) is 0 Å². The molecule has 35 valence electrons. The molecule has 1 radical (unpaired) electrons. The molecule has 1 N–H and O–H groups in total. The molecule has 1 aromatic rings. The molecule has 4 nitrogen and oxygen atoms in total. The normalized spacial score (nSPS) is 8.57. The van der Waals surface area contributed by atoms with E-state index in [-0.39, 0.29) is 0 Å². The third-order valence-corrected chi connectivity index (χ3v) is 0.528. The van der Waals surface area contributed by atoms with Crippen LogP contribution in [0, 0.1) is 11.6 Å². The number of nitrogens with one attached hydrogen (secondary N) is 1. The van der Waals surface area contributed by atoms with Crippen molar-refractivity contribution >= 4 is 6.34 Å². The Morgan fingerprint density at radius 3 is 3.00 bits per heavy atom. The van der Waals surface area contributed by atoms with Gasteiger partial charge in [-0.2, -0.15) is 0 Å². The summed E-state index contributed by atoms with van der Waals surface area (Å²) in [6.07, 6.45) is 4.94. The molecule has 0 unspecified atom stereocenters. The summed E-state index contributed by atoms with van der Waals surface area (Å²) in [6.45, 7) is 0. The van der Waals surface area contributed by atoms with Crippen molar-refractivity contribution in [1.82, 2.24) is 15.0 Å². The van der Waals surface area contributed by atoms with Crippen molar-refractivity contribution in [1.29, 1.82) is 5.41 Å². The quantitative estimate of drug-likeness (QED) is 0.379. The van der Waals surface area contributed by atoms with Gasteiger partial charge in [0.25, 0.3) is 0 Å². The molecule has 4 heteroatoms. The third kappa shape index (κ3) is 0.623. The summed E-state index contributed by atoms with van der Waals surface area (Å²) in [6, 6.07) is 0. The maximum Gasteiger partial charge on any atom is 0.135 e. The molecule has 0 saturated heterocycles. The fourth-order valence-corrected chi connectivity index (χ4v) is 0.251. The van der Waals surface area contributed by atoms with E-state index in [4.69, 9.17) is 5.41 Å². The smallest absolute Gasteiger partial charge is 0.135 e. The number of hydrogen-bond acceptors (Lipinski definition) is 3. The first-order valence-electron chi connectivity index (χ1n) is 1.72. The third-order valence-electron chi connectivity index (χ3n) is 0.528. The van der Waals surface area contributed by atoms with E-state index in [1.165, 1.54) is 10.9 Å². The summed E-state index contributed by atoms with van der Waals surface area (Å²) in [5.74, 6) is 0. The van der Waals surface area contributed by atoms with Crippen molar-refractivity contribution in [2.24, 2.45) is 0 Å². The molecule has 0 fully saturated rings. The molecule has 1 aromatic heterocycles. The van der Waals surface area contributed by atoms with E-state index in [0.717, 1.165) is 6.34 Å². The highest BCUT2D eigenvalue weighted by Gasteiger charge is 1.77. The Bertz CT molecular complexity index is 142. The van der Waals surface area contributed by atoms with E-state index >= 15 is 0 Å². The average molecular weight is 95.1 g/mol. The van der Waals surface area contributed by atoms with Crippen LogP contribution in [0.25, 0.3) is 0 Å². The lowest BCUT2D eigenvalue weighted by Gasteiger charge is -1.76. The van der Waals surface area contributed by atoms with E-state index < -0.39 is 0 Å². The van der Waals surface area contributed by atoms with Crippen molar-refractivity contribution in [3.8, 4) is 0 Å². The van der Waals surface area contributed by atoms with E-state index in [2.05, 4.69) is 16.5 Å². The molecule has 0 aliphatic rings. The van der Waals surface area contributed by atoms with Gasteiger partial charge in [-0.25, -0.2) is 4.68 Å². The Balaban J connectivity index is 2.96. The van der Waals surface area contributed by atoms with E-state index in [1.807, 2.05) is 0 Å². The van der Waals surface area contributed by atoms with Crippen LogP contribution in [0.4, 0.5) is 0 Å². The first-order chi connectivity index (χ1) is 3.43. The minimum atomic E-state index is 1.05. The molecule has 0 aliphatic heterocycles. The van der Waals surface area contributed by atoms with Gasteiger partial charge in [-0.3, -0.25) is 5.41 Å². The average Bonchev–Trinajstić information content (AvgIpc) is 2.14. The van der Waals surface area contributed by atoms with Crippen LogP contribution in [-0.4, -0.2) is 21.3 Å². The molecule has 0 bridgehead atoms. The topological polar surface area (TPSA) is 54.6 Å². The van der Waals surface area contributed by atoms with Gasteiger partial charge in [-0.15, -0.1) is 5.10 Å². The number of rotatable bonds is 1. The van der Waals surface area contributed by atoms with Gasteiger partial charge < -0.3 is 0 Å². The van der Waals surface area contributed by atoms with Crippen LogP contribution in [0.15, 0.2) is 6.20 Å². The van der Waals surface area contributed by atoms with Gasteiger partial charge in [-0.1, -0.05) is 5.21 Å². The predicted octanol–water partition coefficient (Wildman–Crippen LogP) is -0.467. The fraction of sp³-hybridized carbons (Fsp3) is 0. The second-order valence-corrected chi connectivity index (χ2v) is 0.957. The Morgan fingerprint density at radius 1 is 1.86 bits per heavy atom. The fourth-order valence-electron chi connectivity index (χ4n) is 0.251. The van der Waals surface area contributed by atoms with Crippen LogP contribution >= 0.6 is 0 Å². The molecule has 0 amide bonds. The zero-order chi connectivity index (χ0) is 5.11. The Morgan fingerprint density at radius 2 is 2.71 bits per heavy atom. The number of hydrogen-bond donors (Lipinski definition) is 1. The molecule has 0 aromatic carbocycles. The van der Waals surface area contributed by atoms with Crippen molar-refractivity contribution in [3.63, 3.8) is 0 Å². The van der Waals surface area contributed by atoms with Crippen molar-refractivity contribution in [2.75, 3.05) is 0 Å². The van der Waals surface area contributed by atoms with E-state index in [1.54, 1.807) is 0 Å². The lowest BCUT2D eigenvalue weighted by atomic mass is 10.9. The number of nitrogens with zero attached hydrogens (tertiary/aromatic N) is 3. The maximum absolute atomic E-state index is 6.58. The lowest BCUT2D eigenvalue weighted by Crippen LogP contribution is -1.92. The van der Waals surface area contributed by atoms with E-state index in [9.17, 15) is 0 Å². The van der Waals surface area contributed by atoms with Crippen LogP contribution in [0.2, 0.25) is 0 Å². The second kappa shape index (κ2) is 1.51. The SMILES string of the molecule is N=Cn1c[c]nn1. The molecule has 0 saturated carbocycles. The van der Waals surface area contributed by atoms with Gasteiger partial charge in [0.1, 0.15) is 12.5 Å². The molecule has 1 heterocycles. The van der Waals surface area contributed by atoms with Crippen LogP contribution in [0.3, 0.4) is 0 Å². The molecule has 0 spiro atoms. The van der Waals surface area contributed by atoms with Gasteiger partial charge in [0.2, 0.25) is 0 Å². The molecule has 0 atom stereocenters. The second-order valence-electron chi connectivity index (χ2n) is 0.957. The van der Waals surface area contributed by atoms with Gasteiger partial charge in [0.05, 0.1) is 6.20 Å². The number of aromatic nitrogens is 3. The van der Waals surface area contributed by atoms with Gasteiger partial charge in [-0.05, 0) is 0 Å². The molecule has 1 rings (SSSR count). The van der Waals surface area contributed by atoms with Crippen LogP contribution in [-0.2, 0) is 0 Å². The Hall–Kier alpha value is -1.19. The Labute approximate surface area is 40.3 Å². The van der Waals surface area contributed by atoms with Gasteiger partial charge in [0, 0.05) is 0 Å². The summed E-state index contributed by atoms with van der Waals surface area (Å²) in [5.41, 5.74) is 0. The first-order valence-corrected chi connectivity index (χ1v) is 1.72. The summed E-state index contributed by atoms with van der Waals surface area (Å²) in [7, 11) is 0. The molecular weight excluding hydrogens is 92.1 g/mol. The summed E-state index contributed by atoms with van der Waals surface area (Å²) < 4.78 is 1.25. The maximum atomic E-state index is 6.58. The zero-order valence-corrected chi connectivity index (χ0v) is 3.50. The minimum Gasteiger partial charge on any atom is -0.289 e. The van der Waals surface area contributed by atoms with Crippen molar-refractivity contribution in [2.45, 2.75) is 0 Å². The summed E-state index contributed by atoms with van der Waals surface area (Å²) >= 11 is 0. The van der Waals surface area contributed by atoms with Gasteiger partial charge >= 0.3 is 0 Å². The van der Waals surface area contributed by atoms with Crippen LogP contribution in [0.5, 0.6) is 0 Å². The minimum absolute atomic E-state index is 1.05. The first kappa shape index (κ1) is 3.98. The summed E-state index contributed by atoms with van der Waals surface area (Å²) in [5, 5.41) is 13.3. The van der Waals surface area contributed by atoms with Crippen LogP contribution in [0.1, 0.15) is 0 Å². The predicted molar refractivity (Wildman–Crippen MR) is 23.0 cm³/mol. The van der Waals surface area contributed by atoms with Crippen molar-refractivity contribution < 1.29 is 0 Å². The van der Waals surface area contributed by atoms with Crippen molar-refractivity contribution in [3.05, 3.63) is 12.4 Å². The standard InChI is InChI=1S/C3H3N4/c4-3-7-2-1-5-6-7/h2-4H. The van der Waals surface area contributed by atoms with Crippen LogP contribution < -0.4 is 0 Å². The summed E-state index contributed by atoms with van der Waals surface area (Å²) in [4.78, 5) is 0.